The number of hydrogen-bond acceptors (Lipinski definition) is 10. The number of hydrogen-bond donors (Lipinski definition) is 0. The molecule has 0 aromatic carbocycles. The average Bonchev–Trinajstić information content (AvgIpc) is 2.56. The minimum Gasteiger partial charge on any atom is -0.456 e. The lowest BCUT2D eigenvalue weighted by Gasteiger charge is -2.45. The summed E-state index contributed by atoms with van der Waals surface area (Å²) in [7, 11) is -2.23. The van der Waals surface area contributed by atoms with Crippen LogP contribution in [0.1, 0.15) is 48.5 Å². The molecule has 31 heavy (non-hydrogen) atoms. The zero-order chi connectivity index (χ0) is 24.1. The fraction of sp³-hybridized carbons (Fsp3) is 0.800. The molecule has 0 N–H and O–H groups in total. The zero-order valence-electron chi connectivity index (χ0n) is 19.7. The fourth-order valence-corrected chi connectivity index (χ4v) is 3.77. The van der Waals surface area contributed by atoms with Crippen LogP contribution in [0.3, 0.4) is 0 Å². The molecular weight excluding hydrogens is 428 g/mol. The average molecular weight is 463 g/mol. The molecule has 1 saturated heterocycles. The van der Waals surface area contributed by atoms with Gasteiger partial charge in [0.25, 0.3) is 0 Å². The lowest BCUT2D eigenvalue weighted by molar-refractivity contribution is -0.299. The van der Waals surface area contributed by atoms with E-state index in [1.54, 1.807) is 0 Å². The van der Waals surface area contributed by atoms with Gasteiger partial charge in [-0.25, -0.2) is 0 Å². The first-order chi connectivity index (χ1) is 14.0. The summed E-state index contributed by atoms with van der Waals surface area (Å²) < 4.78 is 33.2. The first kappa shape index (κ1) is 27.1. The molecule has 1 rings (SSSR count). The monoisotopic (exact) mass is 462 g/mol. The van der Waals surface area contributed by atoms with Crippen LogP contribution in [0.15, 0.2) is 0 Å². The van der Waals surface area contributed by atoms with Gasteiger partial charge >= 0.3 is 23.9 Å². The van der Waals surface area contributed by atoms with E-state index in [0.29, 0.717) is 0 Å². The van der Waals surface area contributed by atoms with Crippen LogP contribution in [0.5, 0.6) is 0 Å². The molecule has 0 unspecified atom stereocenters. The quantitative estimate of drug-likeness (QED) is 0.315. The molecule has 0 aromatic heterocycles. The van der Waals surface area contributed by atoms with Gasteiger partial charge in [0.15, 0.2) is 20.5 Å². The Labute approximate surface area is 183 Å². The highest BCUT2D eigenvalue weighted by Gasteiger charge is 2.54. The minimum absolute atomic E-state index is 0.0171. The molecule has 178 valence electrons. The minimum atomic E-state index is -2.23. The van der Waals surface area contributed by atoms with Crippen LogP contribution >= 0.6 is 0 Å². The molecule has 0 amide bonds. The maximum Gasteiger partial charge on any atom is 0.305 e. The van der Waals surface area contributed by atoms with Crippen LogP contribution in [-0.2, 0) is 47.3 Å². The molecule has 0 bridgehead atoms. The number of esters is 4. The summed E-state index contributed by atoms with van der Waals surface area (Å²) in [6.07, 6.45) is -6.08. The highest BCUT2D eigenvalue weighted by molar-refractivity contribution is 6.74. The van der Waals surface area contributed by atoms with Gasteiger partial charge in [-0.15, -0.1) is 0 Å². The maximum absolute atomic E-state index is 11.8. The van der Waals surface area contributed by atoms with Crippen LogP contribution in [0.2, 0.25) is 18.1 Å². The third-order valence-corrected chi connectivity index (χ3v) is 9.69. The highest BCUT2D eigenvalue weighted by atomic mass is 28.4. The van der Waals surface area contributed by atoms with Gasteiger partial charge in [0, 0.05) is 27.7 Å². The van der Waals surface area contributed by atoms with E-state index in [1.807, 2.05) is 13.1 Å². The van der Waals surface area contributed by atoms with Crippen molar-refractivity contribution < 1.29 is 47.3 Å². The number of carbonyl (C=O) groups excluding carboxylic acids is 4. The van der Waals surface area contributed by atoms with Gasteiger partial charge in [-0.3, -0.25) is 19.2 Å². The second-order valence-electron chi connectivity index (χ2n) is 8.95. The number of carbonyl (C=O) groups is 4. The molecule has 0 radical (unpaired) electrons. The Morgan fingerprint density at radius 1 is 0.742 bits per heavy atom. The predicted molar refractivity (Wildman–Crippen MR) is 110 cm³/mol. The van der Waals surface area contributed by atoms with Crippen LogP contribution in [0.4, 0.5) is 0 Å². The van der Waals surface area contributed by atoms with Crippen molar-refractivity contribution in [3.05, 3.63) is 0 Å². The summed E-state index contributed by atoms with van der Waals surface area (Å²) in [5.41, 5.74) is 0. The van der Waals surface area contributed by atoms with Crippen molar-refractivity contribution in [3.8, 4) is 0 Å². The molecule has 0 aliphatic carbocycles. The lowest BCUT2D eigenvalue weighted by Crippen LogP contribution is -2.63. The van der Waals surface area contributed by atoms with Gasteiger partial charge in [0.05, 0.1) is 6.61 Å². The Morgan fingerprint density at radius 3 is 1.58 bits per heavy atom. The maximum atomic E-state index is 11.8. The van der Waals surface area contributed by atoms with Gasteiger partial charge in [0.1, 0.15) is 6.10 Å². The molecule has 1 heterocycles. The smallest absolute Gasteiger partial charge is 0.305 e. The number of rotatable bonds is 7. The molecule has 1 aliphatic rings. The largest absolute Gasteiger partial charge is 0.456 e. The fourth-order valence-electron chi connectivity index (χ4n) is 2.75. The molecule has 0 spiro atoms. The van der Waals surface area contributed by atoms with Crippen molar-refractivity contribution in [1.82, 2.24) is 0 Å². The van der Waals surface area contributed by atoms with Crippen LogP contribution in [0.25, 0.3) is 0 Å². The molecule has 0 saturated carbocycles. The second kappa shape index (κ2) is 10.6. The molecule has 1 aliphatic heterocycles. The Hall–Kier alpha value is -1.98. The van der Waals surface area contributed by atoms with Crippen molar-refractivity contribution in [3.63, 3.8) is 0 Å². The Morgan fingerprint density at radius 2 is 1.16 bits per heavy atom. The SMILES string of the molecule is CC(=O)O[C@@H]1O[C@H](CO[Si](C)(C)C(C)(C)C)[C@@H](OC(C)=O)[C@H](OC(C)=O)[C@H]1OC(C)=O. The molecule has 0 aromatic rings. The van der Waals surface area contributed by atoms with E-state index in [9.17, 15) is 19.2 Å². The van der Waals surface area contributed by atoms with E-state index >= 15 is 0 Å². The Bertz CT molecular complexity index is 684. The van der Waals surface area contributed by atoms with Crippen molar-refractivity contribution in [1.29, 1.82) is 0 Å². The zero-order valence-corrected chi connectivity index (χ0v) is 20.7. The summed E-state index contributed by atoms with van der Waals surface area (Å²) in [4.78, 5) is 46.9. The van der Waals surface area contributed by atoms with Gasteiger partial charge in [0.2, 0.25) is 12.4 Å². The third kappa shape index (κ3) is 7.89. The Kier molecular flexibility index (Phi) is 9.21. The van der Waals surface area contributed by atoms with E-state index in [0.717, 1.165) is 20.8 Å². The molecule has 10 nitrogen and oxygen atoms in total. The third-order valence-electron chi connectivity index (χ3n) is 5.19. The van der Waals surface area contributed by atoms with E-state index in [-0.39, 0.29) is 11.6 Å². The highest BCUT2D eigenvalue weighted by Crippen LogP contribution is 2.37. The van der Waals surface area contributed by atoms with E-state index in [1.165, 1.54) is 6.92 Å². The number of ether oxygens (including phenoxy) is 5. The summed E-state index contributed by atoms with van der Waals surface area (Å²) in [6.45, 7) is 14.9. The van der Waals surface area contributed by atoms with E-state index in [2.05, 4.69) is 20.8 Å². The molecule has 1 fully saturated rings. The van der Waals surface area contributed by atoms with Gasteiger partial charge in [-0.1, -0.05) is 20.8 Å². The summed E-state index contributed by atoms with van der Waals surface area (Å²) >= 11 is 0. The normalized spacial score (nSPS) is 26.5. The predicted octanol–water partition coefficient (Wildman–Crippen LogP) is 2.09. The summed E-state index contributed by atoms with van der Waals surface area (Å²) in [6, 6.07) is 0. The topological polar surface area (TPSA) is 124 Å². The van der Waals surface area contributed by atoms with Gasteiger partial charge in [-0.05, 0) is 18.1 Å². The summed E-state index contributed by atoms with van der Waals surface area (Å²) in [5, 5.41) is -0.108. The molecule has 11 heteroatoms. The van der Waals surface area contributed by atoms with Crippen molar-refractivity contribution >= 4 is 32.2 Å². The first-order valence-electron chi connectivity index (χ1n) is 10.0. The molecular formula is C20H34O10Si. The second-order valence-corrected chi connectivity index (χ2v) is 13.8. The van der Waals surface area contributed by atoms with Crippen LogP contribution < -0.4 is 0 Å². The van der Waals surface area contributed by atoms with E-state index in [4.69, 9.17) is 28.1 Å². The Balaban J connectivity index is 3.34. The van der Waals surface area contributed by atoms with Crippen molar-refractivity contribution in [2.75, 3.05) is 6.61 Å². The molecule has 5 atom stereocenters. The standard InChI is InChI=1S/C20H34O10Si/c1-11(21)26-16-15(10-25-31(8,9)20(5,6)7)30-19(29-14(4)24)18(28-13(3)23)17(16)27-12(2)22/h15-19H,10H2,1-9H3/t15-,16-,17+,18-,19-/m1/s1. The van der Waals surface area contributed by atoms with Crippen LogP contribution in [0, 0.1) is 0 Å². The van der Waals surface area contributed by atoms with Gasteiger partial charge < -0.3 is 28.1 Å². The van der Waals surface area contributed by atoms with Crippen LogP contribution in [-0.4, -0.2) is 69.5 Å². The summed E-state index contributed by atoms with van der Waals surface area (Å²) in [5.74, 6) is -2.78. The lowest BCUT2D eigenvalue weighted by atomic mass is 9.98. The van der Waals surface area contributed by atoms with Crippen molar-refractivity contribution in [2.45, 2.75) is 97.3 Å². The van der Waals surface area contributed by atoms with Gasteiger partial charge in [-0.2, -0.15) is 0 Å². The van der Waals surface area contributed by atoms with Crippen molar-refractivity contribution in [2.24, 2.45) is 0 Å². The van der Waals surface area contributed by atoms with E-state index < -0.39 is 62.9 Å². The first-order valence-corrected chi connectivity index (χ1v) is 12.9.